The van der Waals surface area contributed by atoms with Crippen LogP contribution in [0.15, 0.2) is 18.2 Å². The Morgan fingerprint density at radius 2 is 2.55 bits per heavy atom. The molecule has 0 atom stereocenters. The Morgan fingerprint density at radius 3 is 3.18 bits per heavy atom. The average molecular weight is 148 g/mol. The summed E-state index contributed by atoms with van der Waals surface area (Å²) in [5.74, 6) is 1.48. The highest BCUT2D eigenvalue weighted by atomic mass is 16.5. The minimum absolute atomic E-state index is 0.694. The van der Waals surface area contributed by atoms with Gasteiger partial charge in [0.1, 0.15) is 0 Å². The largest absolute Gasteiger partial charge is 0.477 e. The lowest BCUT2D eigenvalue weighted by Crippen LogP contribution is -1.99. The SMILES string of the molecule is [c]1cccc(OCC2CC2)n1. The van der Waals surface area contributed by atoms with E-state index in [0.717, 1.165) is 12.5 Å². The molecule has 0 amide bonds. The Labute approximate surface area is 66.2 Å². The summed E-state index contributed by atoms with van der Waals surface area (Å²) < 4.78 is 5.39. The minimum Gasteiger partial charge on any atom is -0.477 e. The Kier molecular flexibility index (Phi) is 1.76. The Bertz CT molecular complexity index is 218. The van der Waals surface area contributed by atoms with E-state index in [1.165, 1.54) is 12.8 Å². The average Bonchev–Trinajstić information content (AvgIpc) is 2.86. The molecule has 1 aromatic rings. The lowest BCUT2D eigenvalue weighted by molar-refractivity contribution is 0.288. The van der Waals surface area contributed by atoms with Crippen molar-refractivity contribution in [2.24, 2.45) is 5.92 Å². The lowest BCUT2D eigenvalue weighted by Gasteiger charge is -2.01. The Morgan fingerprint density at radius 1 is 1.64 bits per heavy atom. The normalized spacial score (nSPS) is 16.4. The summed E-state index contributed by atoms with van der Waals surface area (Å²) >= 11 is 0. The molecular formula is C9H10NO. The van der Waals surface area contributed by atoms with Gasteiger partial charge in [0, 0.05) is 6.07 Å². The number of pyridine rings is 1. The first kappa shape index (κ1) is 6.65. The van der Waals surface area contributed by atoms with E-state index < -0.39 is 0 Å². The van der Waals surface area contributed by atoms with Crippen LogP contribution < -0.4 is 4.74 Å². The van der Waals surface area contributed by atoms with Crippen LogP contribution in [0.5, 0.6) is 5.88 Å². The minimum atomic E-state index is 0.694. The summed E-state index contributed by atoms with van der Waals surface area (Å²) in [5, 5.41) is 0. The van der Waals surface area contributed by atoms with E-state index in [2.05, 4.69) is 11.2 Å². The third kappa shape index (κ3) is 1.93. The predicted octanol–water partition coefficient (Wildman–Crippen LogP) is 1.67. The van der Waals surface area contributed by atoms with E-state index >= 15 is 0 Å². The number of aromatic nitrogens is 1. The van der Waals surface area contributed by atoms with E-state index in [4.69, 9.17) is 4.74 Å². The van der Waals surface area contributed by atoms with Crippen LogP contribution in [0, 0.1) is 12.1 Å². The van der Waals surface area contributed by atoms with Gasteiger partial charge in [0.25, 0.3) is 0 Å². The second-order valence-electron chi connectivity index (χ2n) is 2.86. The molecule has 1 saturated carbocycles. The monoisotopic (exact) mass is 148 g/mol. The summed E-state index contributed by atoms with van der Waals surface area (Å²) in [6.07, 6.45) is 5.36. The van der Waals surface area contributed by atoms with Gasteiger partial charge in [-0.05, 0) is 24.8 Å². The van der Waals surface area contributed by atoms with Crippen LogP contribution in [0.3, 0.4) is 0 Å². The highest BCUT2D eigenvalue weighted by Crippen LogP contribution is 2.28. The van der Waals surface area contributed by atoms with Crippen LogP contribution in [0.4, 0.5) is 0 Å². The molecule has 0 bridgehead atoms. The Balaban J connectivity index is 1.85. The molecule has 1 radical (unpaired) electrons. The number of rotatable bonds is 3. The van der Waals surface area contributed by atoms with Crippen molar-refractivity contribution < 1.29 is 4.74 Å². The van der Waals surface area contributed by atoms with Gasteiger partial charge in [-0.3, -0.25) is 0 Å². The summed E-state index contributed by atoms with van der Waals surface area (Å²) in [5.41, 5.74) is 0. The molecule has 1 aromatic heterocycles. The molecule has 0 spiro atoms. The Hall–Kier alpha value is -1.05. The van der Waals surface area contributed by atoms with Crippen molar-refractivity contribution in [1.82, 2.24) is 4.98 Å². The van der Waals surface area contributed by atoms with Crippen LogP contribution in [0.2, 0.25) is 0 Å². The molecule has 1 fully saturated rings. The van der Waals surface area contributed by atoms with Crippen LogP contribution in [0.1, 0.15) is 12.8 Å². The van der Waals surface area contributed by atoms with Gasteiger partial charge >= 0.3 is 0 Å². The molecule has 2 rings (SSSR count). The van der Waals surface area contributed by atoms with Gasteiger partial charge in [0.2, 0.25) is 5.88 Å². The van der Waals surface area contributed by atoms with Gasteiger partial charge in [-0.1, -0.05) is 6.07 Å². The van der Waals surface area contributed by atoms with Crippen molar-refractivity contribution in [1.29, 1.82) is 0 Å². The van der Waals surface area contributed by atoms with Gasteiger partial charge in [-0.15, -0.1) is 0 Å². The zero-order chi connectivity index (χ0) is 7.52. The summed E-state index contributed by atoms with van der Waals surface area (Å²) in [6.45, 7) is 0.824. The molecule has 0 unspecified atom stereocenters. The molecule has 57 valence electrons. The van der Waals surface area contributed by atoms with E-state index in [1.807, 2.05) is 12.1 Å². The topological polar surface area (TPSA) is 22.1 Å². The number of ether oxygens (including phenoxy) is 1. The second kappa shape index (κ2) is 2.91. The van der Waals surface area contributed by atoms with Crippen LogP contribution in [-0.4, -0.2) is 11.6 Å². The number of nitrogens with zero attached hydrogens (tertiary/aromatic N) is 1. The fourth-order valence-corrected chi connectivity index (χ4v) is 0.880. The molecule has 1 aliphatic rings. The zero-order valence-electron chi connectivity index (χ0n) is 6.29. The third-order valence-electron chi connectivity index (χ3n) is 1.75. The number of hydrogen-bond acceptors (Lipinski definition) is 2. The van der Waals surface area contributed by atoms with Crippen LogP contribution in [-0.2, 0) is 0 Å². The molecular weight excluding hydrogens is 138 g/mol. The van der Waals surface area contributed by atoms with Crippen molar-refractivity contribution >= 4 is 0 Å². The quantitative estimate of drug-likeness (QED) is 0.650. The van der Waals surface area contributed by atoms with E-state index in [-0.39, 0.29) is 0 Å². The summed E-state index contributed by atoms with van der Waals surface area (Å²) in [7, 11) is 0. The second-order valence-corrected chi connectivity index (χ2v) is 2.86. The fourth-order valence-electron chi connectivity index (χ4n) is 0.880. The first-order valence-electron chi connectivity index (χ1n) is 3.91. The van der Waals surface area contributed by atoms with Gasteiger partial charge in [-0.2, -0.15) is 0 Å². The maximum absolute atomic E-state index is 5.39. The predicted molar refractivity (Wildman–Crippen MR) is 41.3 cm³/mol. The van der Waals surface area contributed by atoms with E-state index in [9.17, 15) is 0 Å². The first-order valence-corrected chi connectivity index (χ1v) is 3.91. The van der Waals surface area contributed by atoms with Crippen molar-refractivity contribution in [3.8, 4) is 5.88 Å². The zero-order valence-corrected chi connectivity index (χ0v) is 6.29. The van der Waals surface area contributed by atoms with Crippen molar-refractivity contribution in [3.05, 3.63) is 24.4 Å². The highest BCUT2D eigenvalue weighted by Gasteiger charge is 2.21. The third-order valence-corrected chi connectivity index (χ3v) is 1.75. The molecule has 1 aliphatic carbocycles. The highest BCUT2D eigenvalue weighted by molar-refractivity contribution is 5.08. The van der Waals surface area contributed by atoms with Crippen molar-refractivity contribution in [3.63, 3.8) is 0 Å². The first-order chi connectivity index (χ1) is 5.45. The molecule has 1 heterocycles. The molecule has 0 aliphatic heterocycles. The molecule has 0 N–H and O–H groups in total. The van der Waals surface area contributed by atoms with Gasteiger partial charge in [0.15, 0.2) is 0 Å². The fraction of sp³-hybridized carbons (Fsp3) is 0.444. The lowest BCUT2D eigenvalue weighted by atomic mass is 10.4. The molecule has 11 heavy (non-hydrogen) atoms. The smallest absolute Gasteiger partial charge is 0.213 e. The maximum atomic E-state index is 5.39. The number of hydrogen-bond donors (Lipinski definition) is 0. The van der Waals surface area contributed by atoms with Gasteiger partial charge < -0.3 is 4.74 Å². The van der Waals surface area contributed by atoms with Crippen LogP contribution >= 0.6 is 0 Å². The maximum Gasteiger partial charge on any atom is 0.213 e. The molecule has 0 aromatic carbocycles. The standard InChI is InChI=1S/C9H10NO/c1-2-6-10-9(3-1)11-7-8-4-5-8/h1-3,8H,4-5,7H2. The van der Waals surface area contributed by atoms with Gasteiger partial charge in [-0.25, -0.2) is 4.98 Å². The summed E-state index contributed by atoms with van der Waals surface area (Å²) in [6, 6.07) is 5.51. The van der Waals surface area contributed by atoms with Crippen molar-refractivity contribution in [2.45, 2.75) is 12.8 Å². The molecule has 0 saturated heterocycles. The van der Waals surface area contributed by atoms with Crippen LogP contribution in [0.25, 0.3) is 0 Å². The van der Waals surface area contributed by atoms with Gasteiger partial charge in [0.05, 0.1) is 12.8 Å². The molecule has 2 heteroatoms. The molecule has 2 nitrogen and oxygen atoms in total. The van der Waals surface area contributed by atoms with E-state index in [0.29, 0.717) is 5.88 Å². The summed E-state index contributed by atoms with van der Waals surface area (Å²) in [4.78, 5) is 3.93. The van der Waals surface area contributed by atoms with E-state index in [1.54, 1.807) is 6.07 Å². The van der Waals surface area contributed by atoms with Crippen molar-refractivity contribution in [2.75, 3.05) is 6.61 Å².